The molecule has 1 atom stereocenters. The second-order valence-electron chi connectivity index (χ2n) is 6.35. The summed E-state index contributed by atoms with van der Waals surface area (Å²) in [7, 11) is 1.53. The van der Waals surface area contributed by atoms with Crippen molar-refractivity contribution >= 4 is 17.9 Å². The SMILES string of the molecule is COc1cc(N)ncc1CCCC(NC(=O)OC(C)(C)C)C(=O)O. The van der Waals surface area contributed by atoms with E-state index in [0.29, 0.717) is 24.4 Å². The van der Waals surface area contributed by atoms with Crippen LogP contribution in [0, 0.1) is 0 Å². The normalized spacial score (nSPS) is 12.3. The first-order valence-corrected chi connectivity index (χ1v) is 7.63. The van der Waals surface area contributed by atoms with E-state index in [1.807, 2.05) is 0 Å². The fourth-order valence-electron chi connectivity index (χ4n) is 2.06. The first-order valence-electron chi connectivity index (χ1n) is 7.63. The lowest BCUT2D eigenvalue weighted by Crippen LogP contribution is -2.43. The number of carbonyl (C=O) groups excluding carboxylic acids is 1. The van der Waals surface area contributed by atoms with Crippen LogP contribution >= 0.6 is 0 Å². The summed E-state index contributed by atoms with van der Waals surface area (Å²) in [6.45, 7) is 5.13. The molecule has 0 saturated carbocycles. The number of carbonyl (C=O) groups is 2. The van der Waals surface area contributed by atoms with Crippen molar-refractivity contribution < 1.29 is 24.2 Å². The number of hydrogen-bond donors (Lipinski definition) is 3. The van der Waals surface area contributed by atoms with E-state index >= 15 is 0 Å². The zero-order chi connectivity index (χ0) is 18.3. The van der Waals surface area contributed by atoms with Gasteiger partial charge in [0.25, 0.3) is 0 Å². The van der Waals surface area contributed by atoms with E-state index in [1.54, 1.807) is 33.0 Å². The van der Waals surface area contributed by atoms with Crippen molar-refractivity contribution in [3.63, 3.8) is 0 Å². The van der Waals surface area contributed by atoms with Crippen LogP contribution in [0.4, 0.5) is 10.6 Å². The van der Waals surface area contributed by atoms with Crippen LogP contribution in [-0.2, 0) is 16.0 Å². The predicted octanol–water partition coefficient (Wildman–Crippen LogP) is 1.97. The molecule has 1 heterocycles. The quantitative estimate of drug-likeness (QED) is 0.693. The molecule has 134 valence electrons. The van der Waals surface area contributed by atoms with Crippen molar-refractivity contribution in [3.05, 3.63) is 17.8 Å². The maximum atomic E-state index is 11.7. The molecule has 1 amide bonds. The van der Waals surface area contributed by atoms with E-state index in [9.17, 15) is 14.7 Å². The second kappa shape index (κ2) is 8.37. The Morgan fingerprint density at radius 3 is 2.62 bits per heavy atom. The highest BCUT2D eigenvalue weighted by molar-refractivity contribution is 5.79. The number of methoxy groups -OCH3 is 1. The van der Waals surface area contributed by atoms with E-state index in [-0.39, 0.29) is 6.42 Å². The van der Waals surface area contributed by atoms with E-state index in [1.165, 1.54) is 7.11 Å². The number of pyridine rings is 1. The van der Waals surface area contributed by atoms with Gasteiger partial charge in [-0.25, -0.2) is 14.6 Å². The van der Waals surface area contributed by atoms with Gasteiger partial charge in [0.1, 0.15) is 23.2 Å². The van der Waals surface area contributed by atoms with Gasteiger partial charge in [-0.3, -0.25) is 0 Å². The molecule has 4 N–H and O–H groups in total. The fourth-order valence-corrected chi connectivity index (χ4v) is 2.06. The largest absolute Gasteiger partial charge is 0.496 e. The van der Waals surface area contributed by atoms with Gasteiger partial charge >= 0.3 is 12.1 Å². The zero-order valence-corrected chi connectivity index (χ0v) is 14.5. The lowest BCUT2D eigenvalue weighted by atomic mass is 10.1. The Morgan fingerprint density at radius 2 is 2.08 bits per heavy atom. The van der Waals surface area contributed by atoms with E-state index in [0.717, 1.165) is 5.56 Å². The number of carboxylic acids is 1. The van der Waals surface area contributed by atoms with Crippen molar-refractivity contribution in [3.8, 4) is 5.75 Å². The molecule has 8 nitrogen and oxygen atoms in total. The van der Waals surface area contributed by atoms with Crippen LogP contribution in [0.3, 0.4) is 0 Å². The van der Waals surface area contributed by atoms with Crippen LogP contribution in [0.2, 0.25) is 0 Å². The smallest absolute Gasteiger partial charge is 0.408 e. The Balaban J connectivity index is 2.59. The standard InChI is InChI=1S/C16H25N3O5/c1-16(2,3)24-15(22)19-11(14(20)21)7-5-6-10-9-18-13(17)8-12(10)23-4/h8-9,11H,5-7H2,1-4H3,(H2,17,18)(H,19,22)(H,20,21). The van der Waals surface area contributed by atoms with Crippen LogP contribution in [-0.4, -0.2) is 40.9 Å². The van der Waals surface area contributed by atoms with Gasteiger partial charge in [-0.05, 0) is 40.0 Å². The molecule has 0 bridgehead atoms. The van der Waals surface area contributed by atoms with Gasteiger partial charge in [-0.15, -0.1) is 0 Å². The Bertz CT molecular complexity index is 584. The lowest BCUT2D eigenvalue weighted by molar-refractivity contribution is -0.139. The molecular weight excluding hydrogens is 314 g/mol. The highest BCUT2D eigenvalue weighted by Gasteiger charge is 2.23. The first kappa shape index (κ1) is 19.5. The highest BCUT2D eigenvalue weighted by atomic mass is 16.6. The summed E-state index contributed by atoms with van der Waals surface area (Å²) >= 11 is 0. The molecule has 0 aliphatic carbocycles. The minimum atomic E-state index is -1.11. The third-order valence-electron chi connectivity index (χ3n) is 3.11. The van der Waals surface area contributed by atoms with Crippen LogP contribution in [0.1, 0.15) is 39.2 Å². The monoisotopic (exact) mass is 339 g/mol. The molecule has 0 aliphatic heterocycles. The Hall–Kier alpha value is -2.51. The average Bonchev–Trinajstić information content (AvgIpc) is 2.45. The number of amides is 1. The number of rotatable bonds is 7. The van der Waals surface area contributed by atoms with Gasteiger partial charge in [-0.1, -0.05) is 0 Å². The number of anilines is 1. The number of aromatic nitrogens is 1. The van der Waals surface area contributed by atoms with Crippen molar-refractivity contribution in [2.45, 2.75) is 51.7 Å². The van der Waals surface area contributed by atoms with Gasteiger partial charge in [0.2, 0.25) is 0 Å². The van der Waals surface area contributed by atoms with Crippen molar-refractivity contribution in [1.29, 1.82) is 0 Å². The number of aryl methyl sites for hydroxylation is 1. The zero-order valence-electron chi connectivity index (χ0n) is 14.5. The number of ether oxygens (including phenoxy) is 2. The van der Waals surface area contributed by atoms with Crippen molar-refractivity contribution in [2.75, 3.05) is 12.8 Å². The third-order valence-corrected chi connectivity index (χ3v) is 3.11. The first-order chi connectivity index (χ1) is 11.1. The number of nitrogens with zero attached hydrogens (tertiary/aromatic N) is 1. The van der Waals surface area contributed by atoms with Crippen LogP contribution in [0.5, 0.6) is 5.75 Å². The van der Waals surface area contributed by atoms with Gasteiger partial charge in [-0.2, -0.15) is 0 Å². The van der Waals surface area contributed by atoms with Crippen LogP contribution in [0.15, 0.2) is 12.3 Å². The molecule has 1 aromatic rings. The van der Waals surface area contributed by atoms with Crippen LogP contribution in [0.25, 0.3) is 0 Å². The number of aliphatic carboxylic acids is 1. The van der Waals surface area contributed by atoms with Gasteiger partial charge < -0.3 is 25.6 Å². The number of nitrogen functional groups attached to an aromatic ring is 1. The van der Waals surface area contributed by atoms with E-state index < -0.39 is 23.7 Å². The van der Waals surface area contributed by atoms with Gasteiger partial charge in [0, 0.05) is 17.8 Å². The highest BCUT2D eigenvalue weighted by Crippen LogP contribution is 2.21. The molecule has 0 fully saturated rings. The third kappa shape index (κ3) is 6.72. The van der Waals surface area contributed by atoms with Gasteiger partial charge in [0.15, 0.2) is 0 Å². The number of nitrogens with two attached hydrogens (primary N) is 1. The minimum Gasteiger partial charge on any atom is -0.496 e. The summed E-state index contributed by atoms with van der Waals surface area (Å²) < 4.78 is 10.3. The van der Waals surface area contributed by atoms with Gasteiger partial charge in [0.05, 0.1) is 7.11 Å². The van der Waals surface area contributed by atoms with E-state index in [2.05, 4.69) is 10.3 Å². The molecule has 24 heavy (non-hydrogen) atoms. The molecule has 0 radical (unpaired) electrons. The summed E-state index contributed by atoms with van der Waals surface area (Å²) in [5.74, 6) is -0.150. The summed E-state index contributed by atoms with van der Waals surface area (Å²) in [5.41, 5.74) is 5.74. The Labute approximate surface area is 141 Å². The molecule has 0 aliphatic rings. The number of nitrogens with one attached hydrogen (secondary N) is 1. The Kier molecular flexibility index (Phi) is 6.82. The van der Waals surface area contributed by atoms with Crippen molar-refractivity contribution in [2.24, 2.45) is 0 Å². The molecule has 8 heteroatoms. The summed E-state index contributed by atoms with van der Waals surface area (Å²) in [6, 6.07) is 0.593. The molecule has 0 saturated heterocycles. The molecule has 0 spiro atoms. The number of alkyl carbamates (subject to hydrolysis) is 1. The Morgan fingerprint density at radius 1 is 1.42 bits per heavy atom. The molecular formula is C16H25N3O5. The topological polar surface area (TPSA) is 124 Å². The molecule has 0 aromatic carbocycles. The fraction of sp³-hybridized carbons (Fsp3) is 0.562. The average molecular weight is 339 g/mol. The van der Waals surface area contributed by atoms with E-state index in [4.69, 9.17) is 15.2 Å². The summed E-state index contributed by atoms with van der Waals surface area (Å²) in [5, 5.41) is 11.6. The minimum absolute atomic E-state index is 0.252. The second-order valence-corrected chi connectivity index (χ2v) is 6.35. The lowest BCUT2D eigenvalue weighted by Gasteiger charge is -2.22. The number of hydrogen-bond acceptors (Lipinski definition) is 6. The summed E-state index contributed by atoms with van der Waals surface area (Å²) in [6.07, 6.45) is 2.18. The molecule has 1 aromatic heterocycles. The predicted molar refractivity (Wildman–Crippen MR) is 88.9 cm³/mol. The maximum absolute atomic E-state index is 11.7. The summed E-state index contributed by atoms with van der Waals surface area (Å²) in [4.78, 5) is 27.0. The van der Waals surface area contributed by atoms with Crippen molar-refractivity contribution in [1.82, 2.24) is 10.3 Å². The number of carboxylic acid groups (broad SMARTS) is 1. The molecule has 1 rings (SSSR count). The maximum Gasteiger partial charge on any atom is 0.408 e. The molecule has 1 unspecified atom stereocenters. The van der Waals surface area contributed by atoms with Crippen LogP contribution < -0.4 is 15.8 Å².